The minimum atomic E-state index is -0.0245. The van der Waals surface area contributed by atoms with Crippen LogP contribution in [-0.2, 0) is 6.42 Å². The van der Waals surface area contributed by atoms with Crippen molar-refractivity contribution in [3.05, 3.63) is 71.2 Å². The number of nitrogens with one attached hydrogen (secondary N) is 1. The topological polar surface area (TPSA) is 49.0 Å². The van der Waals surface area contributed by atoms with Gasteiger partial charge in [0.15, 0.2) is 0 Å². The van der Waals surface area contributed by atoms with E-state index in [9.17, 15) is 4.79 Å². The molecular weight excluding hydrogens is 330 g/mol. The van der Waals surface area contributed by atoms with Crippen LogP contribution < -0.4 is 4.90 Å². The van der Waals surface area contributed by atoms with E-state index in [0.29, 0.717) is 5.69 Å². The van der Waals surface area contributed by atoms with Crippen molar-refractivity contribution < 1.29 is 4.79 Å². The molecule has 1 N–H and O–H groups in total. The Hall–Kier alpha value is -2.92. The molecule has 0 atom stereocenters. The monoisotopic (exact) mass is 345 g/mol. The van der Waals surface area contributed by atoms with E-state index in [1.165, 1.54) is 16.9 Å². The third-order valence-corrected chi connectivity index (χ3v) is 5.49. The molecule has 1 aliphatic heterocycles. The Morgan fingerprint density at radius 2 is 1.96 bits per heavy atom. The highest BCUT2D eigenvalue weighted by Crippen LogP contribution is 2.31. The van der Waals surface area contributed by atoms with Gasteiger partial charge in [-0.25, -0.2) is 4.98 Å². The lowest BCUT2D eigenvalue weighted by Crippen LogP contribution is -2.29. The Morgan fingerprint density at radius 1 is 1.12 bits per heavy atom. The zero-order valence-corrected chi connectivity index (χ0v) is 14.2. The number of hydrogen-bond acceptors (Lipinski definition) is 3. The summed E-state index contributed by atoms with van der Waals surface area (Å²) in [5.41, 5.74) is 4.77. The summed E-state index contributed by atoms with van der Waals surface area (Å²) in [6.07, 6.45) is 0.904. The van der Waals surface area contributed by atoms with Crippen molar-refractivity contribution in [2.24, 2.45) is 0 Å². The molecule has 0 bridgehead atoms. The van der Waals surface area contributed by atoms with Crippen LogP contribution >= 0.6 is 11.3 Å². The maximum atomic E-state index is 12.9. The number of H-pyrrole nitrogens is 1. The average molecular weight is 345 g/mol. The number of hydrogen-bond donors (Lipinski definition) is 1. The molecule has 0 aliphatic carbocycles. The van der Waals surface area contributed by atoms with E-state index in [2.05, 4.69) is 28.2 Å². The first kappa shape index (κ1) is 14.4. The van der Waals surface area contributed by atoms with E-state index in [1.807, 2.05) is 46.7 Å². The van der Waals surface area contributed by atoms with Gasteiger partial charge in [0.2, 0.25) is 0 Å². The van der Waals surface area contributed by atoms with E-state index in [1.54, 1.807) is 0 Å². The first-order valence-electron chi connectivity index (χ1n) is 8.23. The highest BCUT2D eigenvalue weighted by atomic mass is 32.1. The molecule has 0 radical (unpaired) electrons. The molecule has 122 valence electrons. The van der Waals surface area contributed by atoms with Crippen molar-refractivity contribution in [3.63, 3.8) is 0 Å². The molecule has 25 heavy (non-hydrogen) atoms. The number of amides is 1. The van der Waals surface area contributed by atoms with Gasteiger partial charge in [-0.3, -0.25) is 4.79 Å². The minimum absolute atomic E-state index is 0.0245. The van der Waals surface area contributed by atoms with Crippen LogP contribution in [0.4, 0.5) is 5.69 Å². The van der Waals surface area contributed by atoms with Gasteiger partial charge in [-0.15, -0.1) is 11.3 Å². The molecule has 1 amide bonds. The smallest absolute Gasteiger partial charge is 0.277 e. The van der Waals surface area contributed by atoms with Crippen molar-refractivity contribution in [1.82, 2.24) is 9.97 Å². The summed E-state index contributed by atoms with van der Waals surface area (Å²) in [7, 11) is 0. The van der Waals surface area contributed by atoms with Crippen molar-refractivity contribution in [2.75, 3.05) is 11.4 Å². The van der Waals surface area contributed by atoms with Crippen molar-refractivity contribution in [1.29, 1.82) is 0 Å². The van der Waals surface area contributed by atoms with Gasteiger partial charge < -0.3 is 9.88 Å². The SMILES string of the molecule is O=C(c1csc(-c2cc3ccccc3[nH]2)n1)N1CCc2ccccc21. The number of anilines is 1. The van der Waals surface area contributed by atoms with E-state index in [-0.39, 0.29) is 5.91 Å². The normalized spacial score (nSPS) is 13.4. The molecule has 1 aliphatic rings. The zero-order chi connectivity index (χ0) is 16.8. The number of thiazole rings is 1. The predicted molar refractivity (Wildman–Crippen MR) is 101 cm³/mol. The molecule has 2 aromatic carbocycles. The van der Waals surface area contributed by atoms with Crippen LogP contribution in [-0.4, -0.2) is 22.4 Å². The second-order valence-corrected chi connectivity index (χ2v) is 7.00. The molecule has 0 fully saturated rings. The number of rotatable bonds is 2. The van der Waals surface area contributed by atoms with Crippen molar-refractivity contribution in [2.45, 2.75) is 6.42 Å². The van der Waals surface area contributed by atoms with Gasteiger partial charge in [0.25, 0.3) is 5.91 Å². The number of carbonyl (C=O) groups is 1. The fraction of sp³-hybridized carbons (Fsp3) is 0.100. The van der Waals surface area contributed by atoms with E-state index in [0.717, 1.165) is 40.3 Å². The molecule has 0 saturated heterocycles. The van der Waals surface area contributed by atoms with Crippen molar-refractivity contribution in [3.8, 4) is 10.7 Å². The molecular formula is C20H15N3OS. The van der Waals surface area contributed by atoms with Crippen LogP contribution in [0.1, 0.15) is 16.1 Å². The molecule has 5 rings (SSSR count). The molecule has 2 aromatic heterocycles. The van der Waals surface area contributed by atoms with Crippen LogP contribution in [0, 0.1) is 0 Å². The quantitative estimate of drug-likeness (QED) is 0.582. The standard InChI is InChI=1S/C20H15N3OS/c24-20(23-10-9-13-5-2-4-8-18(13)23)17-12-25-19(22-17)16-11-14-6-1-3-7-15(14)21-16/h1-8,11-12,21H,9-10H2. The zero-order valence-electron chi connectivity index (χ0n) is 13.4. The van der Waals surface area contributed by atoms with Gasteiger partial charge >= 0.3 is 0 Å². The van der Waals surface area contributed by atoms with Gasteiger partial charge in [0, 0.05) is 28.5 Å². The molecule has 0 saturated carbocycles. The maximum Gasteiger partial charge on any atom is 0.277 e. The number of para-hydroxylation sites is 2. The second-order valence-electron chi connectivity index (χ2n) is 6.14. The van der Waals surface area contributed by atoms with Crippen LogP contribution in [0.3, 0.4) is 0 Å². The Morgan fingerprint density at radius 3 is 2.88 bits per heavy atom. The molecule has 4 aromatic rings. The molecule has 4 nitrogen and oxygen atoms in total. The molecule has 5 heteroatoms. The lowest BCUT2D eigenvalue weighted by molar-refractivity contribution is 0.0985. The first-order valence-corrected chi connectivity index (χ1v) is 9.11. The highest BCUT2D eigenvalue weighted by molar-refractivity contribution is 7.13. The molecule has 3 heterocycles. The van der Waals surface area contributed by atoms with E-state index >= 15 is 0 Å². The number of aromatic nitrogens is 2. The fourth-order valence-electron chi connectivity index (χ4n) is 3.37. The minimum Gasteiger partial charge on any atom is -0.353 e. The lowest BCUT2D eigenvalue weighted by Gasteiger charge is -2.15. The third-order valence-electron chi connectivity index (χ3n) is 4.62. The number of aromatic amines is 1. The maximum absolute atomic E-state index is 12.9. The number of fused-ring (bicyclic) bond motifs is 2. The first-order chi connectivity index (χ1) is 12.3. The third kappa shape index (κ3) is 2.36. The highest BCUT2D eigenvalue weighted by Gasteiger charge is 2.26. The number of carbonyl (C=O) groups excluding carboxylic acids is 1. The Labute approximate surface area is 148 Å². The van der Waals surface area contributed by atoms with Crippen molar-refractivity contribution >= 4 is 33.8 Å². The van der Waals surface area contributed by atoms with Crippen LogP contribution in [0.5, 0.6) is 0 Å². The number of benzene rings is 2. The van der Waals surface area contributed by atoms with Crippen LogP contribution in [0.25, 0.3) is 21.6 Å². The predicted octanol–water partition coefficient (Wildman–Crippen LogP) is 4.49. The fourth-order valence-corrected chi connectivity index (χ4v) is 4.14. The van der Waals surface area contributed by atoms with Gasteiger partial charge in [0.1, 0.15) is 10.7 Å². The van der Waals surface area contributed by atoms with E-state index < -0.39 is 0 Å². The summed E-state index contributed by atoms with van der Waals surface area (Å²) in [4.78, 5) is 22.7. The Balaban J connectivity index is 1.47. The largest absolute Gasteiger partial charge is 0.353 e. The molecule has 0 unspecified atom stereocenters. The van der Waals surface area contributed by atoms with Gasteiger partial charge in [-0.05, 0) is 30.2 Å². The summed E-state index contributed by atoms with van der Waals surface area (Å²) in [5.74, 6) is -0.0245. The summed E-state index contributed by atoms with van der Waals surface area (Å²) in [6.45, 7) is 0.720. The summed E-state index contributed by atoms with van der Waals surface area (Å²) in [5, 5.41) is 3.84. The Kier molecular flexibility index (Phi) is 3.21. The average Bonchev–Trinajstić information content (AvgIpc) is 3.37. The van der Waals surface area contributed by atoms with Gasteiger partial charge in [0.05, 0.1) is 5.69 Å². The van der Waals surface area contributed by atoms with Gasteiger partial charge in [-0.2, -0.15) is 0 Å². The molecule has 0 spiro atoms. The Bertz CT molecular complexity index is 1060. The summed E-state index contributed by atoms with van der Waals surface area (Å²) < 4.78 is 0. The van der Waals surface area contributed by atoms with Crippen LogP contribution in [0.15, 0.2) is 60.0 Å². The van der Waals surface area contributed by atoms with Gasteiger partial charge in [-0.1, -0.05) is 36.4 Å². The lowest BCUT2D eigenvalue weighted by atomic mass is 10.2. The number of nitrogens with zero attached hydrogens (tertiary/aromatic N) is 2. The summed E-state index contributed by atoms with van der Waals surface area (Å²) >= 11 is 1.50. The van der Waals surface area contributed by atoms with E-state index in [4.69, 9.17) is 0 Å². The van der Waals surface area contributed by atoms with Crippen LogP contribution in [0.2, 0.25) is 0 Å². The summed E-state index contributed by atoms with van der Waals surface area (Å²) in [6, 6.07) is 18.3. The second kappa shape index (κ2) is 5.57.